The van der Waals surface area contributed by atoms with Gasteiger partial charge in [0.1, 0.15) is 11.5 Å². The number of alkyl halides is 3. The second-order valence-electron chi connectivity index (χ2n) is 7.01. The Morgan fingerprint density at radius 3 is 2.51 bits per heavy atom. The minimum atomic E-state index is -4.68. The van der Waals surface area contributed by atoms with Crippen LogP contribution in [0, 0.1) is 0 Å². The molecule has 0 spiro atoms. The van der Waals surface area contributed by atoms with Crippen LogP contribution in [0.1, 0.15) is 11.1 Å². The molecule has 3 aromatic rings. The van der Waals surface area contributed by atoms with Crippen molar-refractivity contribution in [1.82, 2.24) is 15.3 Å². The fourth-order valence-electron chi connectivity index (χ4n) is 2.82. The molecule has 3 rings (SSSR count). The Balaban J connectivity index is 1.65. The number of anilines is 2. The number of carbonyl (C=O) groups is 1. The summed E-state index contributed by atoms with van der Waals surface area (Å²) in [5, 5.41) is 8.29. The molecule has 3 N–H and O–H groups in total. The summed E-state index contributed by atoms with van der Waals surface area (Å²) < 4.78 is 40.9. The number of aliphatic imine (C=N–C) groups is 1. The first-order valence-corrected chi connectivity index (χ1v) is 10.8. The van der Waals surface area contributed by atoms with E-state index in [1.807, 2.05) is 0 Å². The Morgan fingerprint density at radius 1 is 1.11 bits per heavy atom. The largest absolute Gasteiger partial charge is 0.431 e. The number of hydrogen-bond donors (Lipinski definition) is 3. The van der Waals surface area contributed by atoms with E-state index in [1.54, 1.807) is 30.3 Å². The molecule has 0 fully saturated rings. The van der Waals surface area contributed by atoms with Gasteiger partial charge >= 0.3 is 12.2 Å². The summed E-state index contributed by atoms with van der Waals surface area (Å²) in [7, 11) is 1.39. The molecule has 0 bridgehead atoms. The van der Waals surface area contributed by atoms with E-state index in [0.717, 1.165) is 12.3 Å². The summed E-state index contributed by atoms with van der Waals surface area (Å²) in [5.41, 5.74) is 0.214. The molecule has 2 aromatic heterocycles. The lowest BCUT2D eigenvalue weighted by atomic mass is 10.1. The highest BCUT2D eigenvalue weighted by molar-refractivity contribution is 6.35. The smallest absolute Gasteiger partial charge is 0.350 e. The number of rotatable bonds is 7. The number of nitrogens with one attached hydrogen (secondary N) is 3. The van der Waals surface area contributed by atoms with Gasteiger partial charge in [-0.05, 0) is 48.0 Å². The van der Waals surface area contributed by atoms with E-state index < -0.39 is 17.9 Å². The van der Waals surface area contributed by atoms with Crippen molar-refractivity contribution in [3.8, 4) is 0 Å². The number of allylic oxidation sites excluding steroid dienone is 2. The first kappa shape index (κ1) is 26.0. The number of nitrogens with zero attached hydrogens (tertiary/aromatic N) is 3. The number of benzene rings is 1. The van der Waals surface area contributed by atoms with E-state index in [2.05, 4.69) is 30.9 Å². The molecule has 12 heteroatoms. The molecule has 0 saturated heterocycles. The van der Waals surface area contributed by atoms with Gasteiger partial charge in [0.25, 0.3) is 0 Å². The molecular weight excluding hydrogens is 504 g/mol. The van der Waals surface area contributed by atoms with E-state index >= 15 is 0 Å². The lowest BCUT2D eigenvalue weighted by Crippen LogP contribution is -2.28. The SMILES string of the molecule is CN=C(/C=C(\Nc1ccc(NC(=O)NCc2ccc(Cl)cc2Cl)nc1)C(F)(F)F)c1cccnc1. The second kappa shape index (κ2) is 11.7. The molecule has 35 heavy (non-hydrogen) atoms. The molecule has 0 unspecified atom stereocenters. The zero-order valence-electron chi connectivity index (χ0n) is 18.2. The molecule has 0 aliphatic heterocycles. The van der Waals surface area contributed by atoms with Crippen LogP contribution in [0.4, 0.5) is 29.5 Å². The maximum absolute atomic E-state index is 13.6. The summed E-state index contributed by atoms with van der Waals surface area (Å²) >= 11 is 11.9. The van der Waals surface area contributed by atoms with Gasteiger partial charge in [-0.15, -0.1) is 0 Å². The molecule has 0 aliphatic carbocycles. The number of hydrogen-bond acceptors (Lipinski definition) is 5. The standard InChI is InChI=1S/C23H19Cl2F3N6O/c1-29-19(15-3-2-8-30-11-15)10-20(23(26,27)28)33-17-6-7-21(31-13-17)34-22(35)32-12-14-4-5-16(24)9-18(14)25/h2-11,13,33H,12H2,1H3,(H2,31,32,34,35)/b20-10-,29-19?. The highest BCUT2D eigenvalue weighted by Gasteiger charge is 2.34. The summed E-state index contributed by atoms with van der Waals surface area (Å²) in [6.07, 6.45) is 0.299. The van der Waals surface area contributed by atoms with E-state index in [-0.39, 0.29) is 23.8 Å². The van der Waals surface area contributed by atoms with Gasteiger partial charge in [0.15, 0.2) is 0 Å². The van der Waals surface area contributed by atoms with Crippen LogP contribution in [0.3, 0.4) is 0 Å². The first-order chi connectivity index (χ1) is 16.7. The van der Waals surface area contributed by atoms with Crippen LogP contribution in [0.5, 0.6) is 0 Å². The number of halogens is 5. The van der Waals surface area contributed by atoms with Gasteiger partial charge in [-0.1, -0.05) is 29.3 Å². The predicted octanol–water partition coefficient (Wildman–Crippen LogP) is 6.08. The Kier molecular flexibility index (Phi) is 8.67. The monoisotopic (exact) mass is 522 g/mol. The highest BCUT2D eigenvalue weighted by Crippen LogP contribution is 2.28. The fraction of sp³-hybridized carbons (Fsp3) is 0.130. The molecule has 1 aromatic carbocycles. The summed E-state index contributed by atoms with van der Waals surface area (Å²) in [4.78, 5) is 23.9. The molecule has 7 nitrogen and oxygen atoms in total. The van der Waals surface area contributed by atoms with Gasteiger partial charge in [-0.25, -0.2) is 9.78 Å². The molecule has 0 atom stereocenters. The zero-order chi connectivity index (χ0) is 25.4. The maximum atomic E-state index is 13.6. The van der Waals surface area contributed by atoms with E-state index in [0.29, 0.717) is 21.2 Å². The van der Waals surface area contributed by atoms with Crippen LogP contribution in [0.15, 0.2) is 77.8 Å². The van der Waals surface area contributed by atoms with Gasteiger partial charge < -0.3 is 10.6 Å². The topological polar surface area (TPSA) is 91.3 Å². The Morgan fingerprint density at radius 2 is 1.91 bits per heavy atom. The maximum Gasteiger partial charge on any atom is 0.431 e. The molecule has 182 valence electrons. The van der Waals surface area contributed by atoms with Crippen molar-refractivity contribution in [3.05, 3.63) is 94.0 Å². The van der Waals surface area contributed by atoms with Crippen LogP contribution in [-0.4, -0.2) is 34.9 Å². The van der Waals surface area contributed by atoms with Crippen molar-refractivity contribution < 1.29 is 18.0 Å². The number of pyridine rings is 2. The Bertz CT molecular complexity index is 1230. The third kappa shape index (κ3) is 7.69. The number of urea groups is 1. The Labute approximate surface area is 209 Å². The quantitative estimate of drug-likeness (QED) is 0.328. The molecule has 0 radical (unpaired) electrons. The average Bonchev–Trinajstić information content (AvgIpc) is 2.82. The summed E-state index contributed by atoms with van der Waals surface area (Å²) in [6, 6.07) is 10.2. The lowest BCUT2D eigenvalue weighted by molar-refractivity contribution is -0.0901. The number of amides is 2. The van der Waals surface area contributed by atoms with Crippen molar-refractivity contribution in [3.63, 3.8) is 0 Å². The molecule has 2 amide bonds. The van der Waals surface area contributed by atoms with E-state index in [1.165, 1.54) is 31.6 Å². The van der Waals surface area contributed by atoms with Crippen LogP contribution in [0.2, 0.25) is 10.0 Å². The van der Waals surface area contributed by atoms with Gasteiger partial charge in [0.2, 0.25) is 0 Å². The predicted molar refractivity (Wildman–Crippen MR) is 131 cm³/mol. The Hall–Kier alpha value is -3.63. The van der Waals surface area contributed by atoms with Crippen LogP contribution >= 0.6 is 23.2 Å². The van der Waals surface area contributed by atoms with E-state index in [9.17, 15) is 18.0 Å². The van der Waals surface area contributed by atoms with Gasteiger partial charge in [0, 0.05) is 41.6 Å². The average molecular weight is 523 g/mol. The van der Waals surface area contributed by atoms with Gasteiger partial charge in [-0.2, -0.15) is 13.2 Å². The van der Waals surface area contributed by atoms with Crippen molar-refractivity contribution in [1.29, 1.82) is 0 Å². The van der Waals surface area contributed by atoms with Gasteiger partial charge in [0.05, 0.1) is 17.6 Å². The normalized spacial score (nSPS) is 12.3. The summed E-state index contributed by atoms with van der Waals surface area (Å²) in [5.74, 6) is 0.138. The lowest BCUT2D eigenvalue weighted by Gasteiger charge is -2.15. The minimum absolute atomic E-state index is 0.0640. The van der Waals surface area contributed by atoms with Crippen LogP contribution in [0.25, 0.3) is 0 Å². The molecule has 0 aliphatic rings. The molecule has 2 heterocycles. The molecular formula is C23H19Cl2F3N6O. The van der Waals surface area contributed by atoms with Crippen LogP contribution < -0.4 is 16.0 Å². The zero-order valence-corrected chi connectivity index (χ0v) is 19.7. The first-order valence-electron chi connectivity index (χ1n) is 10.0. The van der Waals surface area contributed by atoms with Crippen LogP contribution in [-0.2, 0) is 6.54 Å². The highest BCUT2D eigenvalue weighted by atomic mass is 35.5. The molecule has 0 saturated carbocycles. The fourth-order valence-corrected chi connectivity index (χ4v) is 3.29. The number of aromatic nitrogens is 2. The third-order valence-electron chi connectivity index (χ3n) is 4.52. The number of carbonyl (C=O) groups excluding carboxylic acids is 1. The van der Waals surface area contributed by atoms with Crippen molar-refractivity contribution >= 4 is 46.4 Å². The minimum Gasteiger partial charge on any atom is -0.350 e. The van der Waals surface area contributed by atoms with Crippen molar-refractivity contribution in [2.45, 2.75) is 12.7 Å². The second-order valence-corrected chi connectivity index (χ2v) is 7.85. The van der Waals surface area contributed by atoms with Crippen molar-refractivity contribution in [2.75, 3.05) is 17.7 Å². The van der Waals surface area contributed by atoms with Crippen molar-refractivity contribution in [2.24, 2.45) is 4.99 Å². The van der Waals surface area contributed by atoms with E-state index in [4.69, 9.17) is 23.2 Å². The van der Waals surface area contributed by atoms with Gasteiger partial charge in [-0.3, -0.25) is 15.3 Å². The summed E-state index contributed by atoms with van der Waals surface area (Å²) in [6.45, 7) is 0.138. The third-order valence-corrected chi connectivity index (χ3v) is 5.11.